The van der Waals surface area contributed by atoms with E-state index in [4.69, 9.17) is 11.6 Å². The van der Waals surface area contributed by atoms with Crippen molar-refractivity contribution in [3.63, 3.8) is 0 Å². The molecule has 1 N–H and O–H groups in total. The average Bonchev–Trinajstić information content (AvgIpc) is 2.29. The monoisotopic (exact) mass is 277 g/mol. The van der Waals surface area contributed by atoms with Crippen molar-refractivity contribution in [1.82, 2.24) is 5.32 Å². The maximum Gasteiger partial charge on any atom is 0.253 e. The fraction of sp³-hybridized carbons (Fsp3) is 0.500. The van der Waals surface area contributed by atoms with Crippen molar-refractivity contribution >= 4 is 23.4 Å². The second-order valence-corrected chi connectivity index (χ2v) is 5.73. The molecule has 0 saturated heterocycles. The van der Waals surface area contributed by atoms with Gasteiger partial charge in [-0.2, -0.15) is 0 Å². The number of fused-ring (bicyclic) bond motifs is 1. The first-order chi connectivity index (χ1) is 8.08. The summed E-state index contributed by atoms with van der Waals surface area (Å²) in [6.07, 6.45) is -1.48. The lowest BCUT2D eigenvalue weighted by Crippen LogP contribution is -2.37. The minimum atomic E-state index is -2.34. The molecule has 0 spiro atoms. The lowest BCUT2D eigenvalue weighted by Gasteiger charge is -2.28. The van der Waals surface area contributed by atoms with E-state index >= 15 is 0 Å². The molecular formula is C12H14ClF2NS. The van der Waals surface area contributed by atoms with Crippen molar-refractivity contribution in [3.8, 4) is 0 Å². The number of halogens is 3. The lowest BCUT2D eigenvalue weighted by atomic mass is 10.0. The smallest absolute Gasteiger partial charge is 0.253 e. The van der Waals surface area contributed by atoms with Gasteiger partial charge < -0.3 is 5.32 Å². The van der Waals surface area contributed by atoms with Crippen LogP contribution in [0.4, 0.5) is 8.78 Å². The Labute approximate surface area is 109 Å². The van der Waals surface area contributed by atoms with Crippen LogP contribution >= 0.6 is 23.4 Å². The van der Waals surface area contributed by atoms with Gasteiger partial charge in [0, 0.05) is 16.0 Å². The van der Waals surface area contributed by atoms with Crippen LogP contribution in [-0.2, 0) is 0 Å². The fourth-order valence-electron chi connectivity index (χ4n) is 1.93. The predicted octanol–water partition coefficient (Wildman–Crippen LogP) is 4.12. The zero-order chi connectivity index (χ0) is 12.4. The summed E-state index contributed by atoms with van der Waals surface area (Å²) in [7, 11) is 0. The number of hydrogen-bond donors (Lipinski definition) is 1. The molecule has 1 nitrogen and oxygen atoms in total. The van der Waals surface area contributed by atoms with Gasteiger partial charge in [-0.15, -0.1) is 11.8 Å². The van der Waals surface area contributed by atoms with E-state index in [0.717, 1.165) is 22.6 Å². The quantitative estimate of drug-likeness (QED) is 0.892. The molecule has 5 heteroatoms. The third-order valence-corrected chi connectivity index (χ3v) is 4.21. The molecule has 2 atom stereocenters. The molecule has 0 aliphatic carbocycles. The molecule has 0 amide bonds. The molecule has 17 heavy (non-hydrogen) atoms. The third kappa shape index (κ3) is 3.12. The van der Waals surface area contributed by atoms with Gasteiger partial charge in [-0.3, -0.25) is 0 Å². The third-order valence-electron chi connectivity index (χ3n) is 2.85. The van der Waals surface area contributed by atoms with Gasteiger partial charge in [0.05, 0.1) is 6.04 Å². The minimum Gasteiger partial charge on any atom is -0.302 e. The highest BCUT2D eigenvalue weighted by molar-refractivity contribution is 7.99. The van der Waals surface area contributed by atoms with E-state index in [2.05, 4.69) is 5.32 Å². The van der Waals surface area contributed by atoms with Gasteiger partial charge in [0.2, 0.25) is 0 Å². The first-order valence-electron chi connectivity index (χ1n) is 5.54. The van der Waals surface area contributed by atoms with Crippen LogP contribution in [0.15, 0.2) is 23.1 Å². The van der Waals surface area contributed by atoms with Crippen LogP contribution in [0.2, 0.25) is 5.02 Å². The minimum absolute atomic E-state index is 0.0195. The van der Waals surface area contributed by atoms with Crippen LogP contribution in [0.5, 0.6) is 0 Å². The highest BCUT2D eigenvalue weighted by Crippen LogP contribution is 2.37. The second kappa shape index (κ2) is 5.55. The van der Waals surface area contributed by atoms with E-state index in [-0.39, 0.29) is 6.04 Å². The van der Waals surface area contributed by atoms with E-state index in [1.54, 1.807) is 11.8 Å². The maximum atomic E-state index is 12.5. The largest absolute Gasteiger partial charge is 0.302 e. The summed E-state index contributed by atoms with van der Waals surface area (Å²) in [6.45, 7) is 1.51. The lowest BCUT2D eigenvalue weighted by molar-refractivity contribution is 0.0992. The van der Waals surface area contributed by atoms with Gasteiger partial charge in [-0.1, -0.05) is 11.6 Å². The molecule has 1 aliphatic rings. The molecule has 0 radical (unpaired) electrons. The molecule has 0 fully saturated rings. The number of thioether (sulfide) groups is 1. The zero-order valence-corrected chi connectivity index (χ0v) is 11.0. The van der Waals surface area contributed by atoms with E-state index in [1.165, 1.54) is 6.92 Å². The normalized spacial score (nSPS) is 21.4. The highest BCUT2D eigenvalue weighted by Gasteiger charge is 2.25. The molecule has 0 saturated carbocycles. The number of benzene rings is 1. The van der Waals surface area contributed by atoms with Gasteiger partial charge in [-0.05, 0) is 42.9 Å². The van der Waals surface area contributed by atoms with Crippen LogP contribution in [0, 0.1) is 0 Å². The molecule has 0 bridgehead atoms. The molecular weight excluding hydrogens is 264 g/mol. The average molecular weight is 278 g/mol. The van der Waals surface area contributed by atoms with Crippen LogP contribution < -0.4 is 5.32 Å². The van der Waals surface area contributed by atoms with Crippen molar-refractivity contribution < 1.29 is 8.78 Å². The number of alkyl halides is 2. The topological polar surface area (TPSA) is 12.0 Å². The number of rotatable bonds is 3. The number of nitrogens with one attached hydrogen (secondary N) is 1. The van der Waals surface area contributed by atoms with Gasteiger partial charge in [0.25, 0.3) is 6.43 Å². The van der Waals surface area contributed by atoms with Crippen molar-refractivity contribution in [2.24, 2.45) is 0 Å². The Morgan fingerprint density at radius 3 is 2.94 bits per heavy atom. The van der Waals surface area contributed by atoms with Gasteiger partial charge in [0.1, 0.15) is 0 Å². The van der Waals surface area contributed by atoms with Crippen molar-refractivity contribution in [2.75, 3.05) is 5.75 Å². The van der Waals surface area contributed by atoms with Crippen LogP contribution in [0.25, 0.3) is 0 Å². The summed E-state index contributed by atoms with van der Waals surface area (Å²) in [5.41, 5.74) is 1.04. The van der Waals surface area contributed by atoms with E-state index in [0.29, 0.717) is 5.02 Å². The van der Waals surface area contributed by atoms with E-state index in [9.17, 15) is 8.78 Å². The molecule has 1 aromatic rings. The predicted molar refractivity (Wildman–Crippen MR) is 68.1 cm³/mol. The Hall–Kier alpha value is -0.320. The van der Waals surface area contributed by atoms with E-state index < -0.39 is 12.5 Å². The Bertz CT molecular complexity index is 400. The molecule has 1 aromatic carbocycles. The first kappa shape index (κ1) is 13.1. The van der Waals surface area contributed by atoms with E-state index in [1.807, 2.05) is 18.2 Å². The summed E-state index contributed by atoms with van der Waals surface area (Å²) in [6, 6.07) is 4.86. The second-order valence-electron chi connectivity index (χ2n) is 4.16. The van der Waals surface area contributed by atoms with Crippen molar-refractivity contribution in [3.05, 3.63) is 28.8 Å². The summed E-state index contributed by atoms with van der Waals surface area (Å²) in [4.78, 5) is 1.14. The SMILES string of the molecule is CC(NC1CCSc2ccc(Cl)cc21)C(F)F. The summed E-state index contributed by atoms with van der Waals surface area (Å²) >= 11 is 7.71. The molecule has 1 aliphatic heterocycles. The Kier molecular flexibility index (Phi) is 4.28. The Morgan fingerprint density at radius 2 is 2.24 bits per heavy atom. The van der Waals surface area contributed by atoms with Gasteiger partial charge >= 0.3 is 0 Å². The first-order valence-corrected chi connectivity index (χ1v) is 6.90. The summed E-state index contributed by atoms with van der Waals surface area (Å²) < 4.78 is 25.1. The Balaban J connectivity index is 2.19. The van der Waals surface area contributed by atoms with Crippen molar-refractivity contribution in [1.29, 1.82) is 0 Å². The van der Waals surface area contributed by atoms with Gasteiger partial charge in [-0.25, -0.2) is 8.78 Å². The maximum absolute atomic E-state index is 12.5. The summed E-state index contributed by atoms with van der Waals surface area (Å²) in [5.74, 6) is 0.947. The molecule has 2 rings (SSSR count). The Morgan fingerprint density at radius 1 is 1.47 bits per heavy atom. The number of hydrogen-bond acceptors (Lipinski definition) is 2. The van der Waals surface area contributed by atoms with Crippen LogP contribution in [0.1, 0.15) is 24.9 Å². The summed E-state index contributed by atoms with van der Waals surface area (Å²) in [5, 5.41) is 3.64. The molecule has 1 heterocycles. The standard InChI is InChI=1S/C12H14ClF2NS/c1-7(12(14)15)16-10-4-5-17-11-3-2-8(13)6-9(10)11/h2-3,6-7,10,12,16H,4-5H2,1H3. The highest BCUT2D eigenvalue weighted by atomic mass is 35.5. The molecule has 2 unspecified atom stereocenters. The molecule has 94 valence electrons. The zero-order valence-electron chi connectivity index (χ0n) is 9.42. The fourth-order valence-corrected chi connectivity index (χ4v) is 3.21. The molecule has 0 aromatic heterocycles. The van der Waals surface area contributed by atoms with Crippen LogP contribution in [0.3, 0.4) is 0 Å². The van der Waals surface area contributed by atoms with Gasteiger partial charge in [0.15, 0.2) is 0 Å². The van der Waals surface area contributed by atoms with Crippen molar-refractivity contribution in [2.45, 2.75) is 36.7 Å². The van der Waals surface area contributed by atoms with Crippen LogP contribution in [-0.4, -0.2) is 18.2 Å².